The molecule has 1 N–H and O–H groups in total. The number of fused-ring (bicyclic) bond motifs is 1. The third kappa shape index (κ3) is 2.54. The Morgan fingerprint density at radius 1 is 1.22 bits per heavy atom. The fourth-order valence-electron chi connectivity index (χ4n) is 3.22. The van der Waals surface area contributed by atoms with E-state index in [4.69, 9.17) is 11.6 Å². The van der Waals surface area contributed by atoms with Crippen molar-refractivity contribution in [1.82, 2.24) is 4.90 Å². The predicted octanol–water partition coefficient (Wildman–Crippen LogP) is 4.14. The lowest BCUT2D eigenvalue weighted by atomic mass is 9.99. The molecule has 2 nitrogen and oxygen atoms in total. The quantitative estimate of drug-likeness (QED) is 0.877. The number of nitrogens with zero attached hydrogens (tertiary/aromatic N) is 1. The van der Waals surface area contributed by atoms with Crippen molar-refractivity contribution < 1.29 is 0 Å². The lowest BCUT2D eigenvalue weighted by molar-refractivity contribution is 0.193. The van der Waals surface area contributed by atoms with Gasteiger partial charge >= 0.3 is 0 Å². The van der Waals surface area contributed by atoms with Gasteiger partial charge < -0.3 is 5.32 Å². The van der Waals surface area contributed by atoms with Gasteiger partial charge in [-0.15, -0.1) is 0 Å². The highest BCUT2D eigenvalue weighted by molar-refractivity contribution is 9.10. The van der Waals surface area contributed by atoms with Crippen molar-refractivity contribution in [3.63, 3.8) is 0 Å². The molecule has 0 radical (unpaired) electrons. The minimum absolute atomic E-state index is 0.570. The first-order valence-electron chi connectivity index (χ1n) is 6.70. The van der Waals surface area contributed by atoms with Gasteiger partial charge in [0.05, 0.1) is 5.69 Å². The molecule has 0 saturated carbocycles. The molecule has 2 fully saturated rings. The van der Waals surface area contributed by atoms with Crippen molar-refractivity contribution in [3.05, 3.63) is 27.7 Å². The van der Waals surface area contributed by atoms with Crippen LogP contribution in [0.25, 0.3) is 0 Å². The van der Waals surface area contributed by atoms with E-state index < -0.39 is 0 Å². The van der Waals surface area contributed by atoms with E-state index in [0.717, 1.165) is 15.2 Å². The highest BCUT2D eigenvalue weighted by Gasteiger charge is 2.35. The second kappa shape index (κ2) is 5.40. The Hall–Kier alpha value is -0.250. The van der Waals surface area contributed by atoms with Crippen LogP contribution in [0, 0.1) is 0 Å². The second-order valence-electron chi connectivity index (χ2n) is 5.26. The van der Waals surface area contributed by atoms with E-state index in [9.17, 15) is 0 Å². The average molecular weight is 330 g/mol. The molecule has 0 aromatic heterocycles. The zero-order chi connectivity index (χ0) is 12.5. The molecule has 1 aromatic rings. The average Bonchev–Trinajstić information content (AvgIpc) is 2.78. The lowest BCUT2D eigenvalue weighted by Gasteiger charge is -2.33. The summed E-state index contributed by atoms with van der Waals surface area (Å²) in [5.74, 6) is 0. The molecule has 2 unspecified atom stereocenters. The Balaban J connectivity index is 1.74. The Kier molecular flexibility index (Phi) is 3.83. The van der Waals surface area contributed by atoms with E-state index in [1.165, 1.54) is 38.8 Å². The first kappa shape index (κ1) is 12.8. The fourth-order valence-corrected chi connectivity index (χ4v) is 3.76. The number of hydrogen-bond acceptors (Lipinski definition) is 2. The maximum Gasteiger partial charge on any atom is 0.0502 e. The van der Waals surface area contributed by atoms with E-state index in [1.54, 1.807) is 0 Å². The summed E-state index contributed by atoms with van der Waals surface area (Å²) in [6, 6.07) is 7.22. The summed E-state index contributed by atoms with van der Waals surface area (Å²) in [5.41, 5.74) is 1.12. The monoisotopic (exact) mass is 328 g/mol. The Bertz CT molecular complexity index is 438. The number of piperidine rings is 1. The number of hydrogen-bond donors (Lipinski definition) is 1. The van der Waals surface area contributed by atoms with E-state index >= 15 is 0 Å². The molecular formula is C14H18BrClN2. The van der Waals surface area contributed by atoms with Gasteiger partial charge in [-0.3, -0.25) is 4.90 Å². The zero-order valence-electron chi connectivity index (χ0n) is 10.3. The lowest BCUT2D eigenvalue weighted by Crippen LogP contribution is -2.41. The first-order valence-corrected chi connectivity index (χ1v) is 7.87. The number of benzene rings is 1. The van der Waals surface area contributed by atoms with E-state index in [-0.39, 0.29) is 0 Å². The van der Waals surface area contributed by atoms with Crippen molar-refractivity contribution in [1.29, 1.82) is 0 Å². The Morgan fingerprint density at radius 3 is 3.00 bits per heavy atom. The van der Waals surface area contributed by atoms with Crippen LogP contribution in [0.2, 0.25) is 5.02 Å². The Labute approximate surface area is 122 Å². The van der Waals surface area contributed by atoms with Gasteiger partial charge in [0.25, 0.3) is 0 Å². The van der Waals surface area contributed by atoms with Crippen molar-refractivity contribution in [2.24, 2.45) is 0 Å². The normalized spacial score (nSPS) is 28.1. The molecule has 0 spiro atoms. The summed E-state index contributed by atoms with van der Waals surface area (Å²) in [5, 5.41) is 4.47. The highest BCUT2D eigenvalue weighted by atomic mass is 79.9. The zero-order valence-corrected chi connectivity index (χ0v) is 12.7. The fraction of sp³-hybridized carbons (Fsp3) is 0.571. The van der Waals surface area contributed by atoms with Crippen LogP contribution in [0.3, 0.4) is 0 Å². The van der Waals surface area contributed by atoms with E-state index in [1.807, 2.05) is 18.2 Å². The van der Waals surface area contributed by atoms with Crippen LogP contribution in [-0.2, 0) is 0 Å². The molecular weight excluding hydrogens is 312 g/mol. The van der Waals surface area contributed by atoms with Crippen molar-refractivity contribution in [3.8, 4) is 0 Å². The largest absolute Gasteiger partial charge is 0.380 e. The Morgan fingerprint density at radius 2 is 2.11 bits per heavy atom. The SMILES string of the molecule is Clc1ccc(Br)c(NC2CCN3CCCCC23)c1. The molecule has 0 amide bonds. The summed E-state index contributed by atoms with van der Waals surface area (Å²) in [4.78, 5) is 2.64. The second-order valence-corrected chi connectivity index (χ2v) is 6.55. The molecule has 0 aliphatic carbocycles. The van der Waals surface area contributed by atoms with Gasteiger partial charge in [0, 0.05) is 28.1 Å². The molecule has 4 heteroatoms. The van der Waals surface area contributed by atoms with Gasteiger partial charge in [0.15, 0.2) is 0 Å². The summed E-state index contributed by atoms with van der Waals surface area (Å²) >= 11 is 9.66. The highest BCUT2D eigenvalue weighted by Crippen LogP contribution is 2.32. The van der Waals surface area contributed by atoms with E-state index in [2.05, 4.69) is 26.1 Å². The maximum absolute atomic E-state index is 6.07. The maximum atomic E-state index is 6.07. The van der Waals surface area contributed by atoms with Gasteiger partial charge in [-0.2, -0.15) is 0 Å². The molecule has 2 heterocycles. The van der Waals surface area contributed by atoms with Gasteiger partial charge in [0.1, 0.15) is 0 Å². The number of anilines is 1. The predicted molar refractivity (Wildman–Crippen MR) is 80.4 cm³/mol. The van der Waals surface area contributed by atoms with Crippen LogP contribution in [0.15, 0.2) is 22.7 Å². The molecule has 2 atom stereocenters. The van der Waals surface area contributed by atoms with Crippen LogP contribution in [0.5, 0.6) is 0 Å². The van der Waals surface area contributed by atoms with Crippen LogP contribution in [0.1, 0.15) is 25.7 Å². The van der Waals surface area contributed by atoms with Gasteiger partial charge in [-0.25, -0.2) is 0 Å². The number of rotatable bonds is 2. The van der Waals surface area contributed by atoms with Crippen LogP contribution < -0.4 is 5.32 Å². The summed E-state index contributed by atoms with van der Waals surface area (Å²) in [7, 11) is 0. The molecule has 3 rings (SSSR count). The molecule has 98 valence electrons. The molecule has 2 aliphatic rings. The summed E-state index contributed by atoms with van der Waals surface area (Å²) in [6.45, 7) is 2.51. The minimum atomic E-state index is 0.570. The van der Waals surface area contributed by atoms with E-state index in [0.29, 0.717) is 12.1 Å². The minimum Gasteiger partial charge on any atom is -0.380 e. The third-order valence-corrected chi connectivity index (χ3v) is 5.05. The van der Waals surface area contributed by atoms with Crippen molar-refractivity contribution >= 4 is 33.2 Å². The standard InChI is InChI=1S/C14H18BrClN2/c15-11-5-4-10(16)9-13(11)17-12-6-8-18-7-2-1-3-14(12)18/h4-5,9,12,14,17H,1-3,6-8H2. The first-order chi connectivity index (χ1) is 8.74. The smallest absolute Gasteiger partial charge is 0.0502 e. The van der Waals surface area contributed by atoms with Gasteiger partial charge in [-0.1, -0.05) is 18.0 Å². The molecule has 18 heavy (non-hydrogen) atoms. The van der Waals surface area contributed by atoms with Crippen LogP contribution in [-0.4, -0.2) is 30.1 Å². The van der Waals surface area contributed by atoms with Crippen LogP contribution in [0.4, 0.5) is 5.69 Å². The summed E-state index contributed by atoms with van der Waals surface area (Å²) < 4.78 is 1.10. The number of nitrogens with one attached hydrogen (secondary N) is 1. The third-order valence-electron chi connectivity index (χ3n) is 4.13. The van der Waals surface area contributed by atoms with Crippen LogP contribution >= 0.6 is 27.5 Å². The topological polar surface area (TPSA) is 15.3 Å². The molecule has 1 aromatic carbocycles. The summed E-state index contributed by atoms with van der Waals surface area (Å²) in [6.07, 6.45) is 5.31. The number of halogens is 2. The van der Waals surface area contributed by atoms with Crippen molar-refractivity contribution in [2.45, 2.75) is 37.8 Å². The van der Waals surface area contributed by atoms with Gasteiger partial charge in [-0.05, 0) is 59.9 Å². The molecule has 2 aliphatic heterocycles. The van der Waals surface area contributed by atoms with Gasteiger partial charge in [0.2, 0.25) is 0 Å². The molecule has 0 bridgehead atoms. The van der Waals surface area contributed by atoms with Crippen molar-refractivity contribution in [2.75, 3.05) is 18.4 Å². The molecule has 2 saturated heterocycles.